The molecule has 3 rings (SSSR count). The summed E-state index contributed by atoms with van der Waals surface area (Å²) < 4.78 is 5.76. The van der Waals surface area contributed by atoms with Gasteiger partial charge in [-0.3, -0.25) is 14.6 Å². The normalized spacial score (nSPS) is 17.7. The van der Waals surface area contributed by atoms with E-state index in [-0.39, 0.29) is 11.3 Å². The van der Waals surface area contributed by atoms with Crippen molar-refractivity contribution in [3.8, 4) is 5.75 Å². The van der Waals surface area contributed by atoms with E-state index in [1.54, 1.807) is 29.4 Å². The van der Waals surface area contributed by atoms with Crippen LogP contribution in [0.1, 0.15) is 50.8 Å². The fourth-order valence-corrected chi connectivity index (χ4v) is 3.99. The molecule has 1 aliphatic heterocycles. The average Bonchev–Trinajstić information content (AvgIpc) is 3.10. The molecule has 1 aromatic carbocycles. The summed E-state index contributed by atoms with van der Waals surface area (Å²) in [5.41, 5.74) is 1.31. The molecule has 1 unspecified atom stereocenters. The van der Waals surface area contributed by atoms with Gasteiger partial charge < -0.3 is 19.6 Å². The fourth-order valence-electron chi connectivity index (χ4n) is 3.99. The molecule has 7 heteroatoms. The van der Waals surface area contributed by atoms with Crippen molar-refractivity contribution in [1.29, 1.82) is 0 Å². The number of Topliss-reactive ketones (excluding diaryl/α,β-unsaturated/α-hetero) is 1. The first-order valence-electron chi connectivity index (χ1n) is 11.7. The van der Waals surface area contributed by atoms with Crippen LogP contribution in [0, 0.1) is 0 Å². The van der Waals surface area contributed by atoms with Crippen molar-refractivity contribution in [3.63, 3.8) is 0 Å². The van der Waals surface area contributed by atoms with Crippen molar-refractivity contribution in [3.05, 3.63) is 65.5 Å². The predicted octanol–water partition coefficient (Wildman–Crippen LogP) is 4.02. The Morgan fingerprint density at radius 3 is 2.33 bits per heavy atom. The Balaban J connectivity index is 1.99. The molecule has 0 radical (unpaired) electrons. The molecular formula is C26H33N3O4. The zero-order valence-electron chi connectivity index (χ0n) is 19.7. The van der Waals surface area contributed by atoms with E-state index in [0.29, 0.717) is 25.3 Å². The highest BCUT2D eigenvalue weighted by atomic mass is 16.5. The van der Waals surface area contributed by atoms with Gasteiger partial charge in [-0.25, -0.2) is 0 Å². The van der Waals surface area contributed by atoms with Crippen LogP contribution in [-0.2, 0) is 9.59 Å². The molecule has 1 fully saturated rings. The minimum Gasteiger partial charge on any atom is -0.507 e. The third-order valence-electron chi connectivity index (χ3n) is 6.01. The summed E-state index contributed by atoms with van der Waals surface area (Å²) in [7, 11) is 0. The molecule has 2 heterocycles. The van der Waals surface area contributed by atoms with Crippen molar-refractivity contribution in [2.75, 3.05) is 32.8 Å². The lowest BCUT2D eigenvalue weighted by Crippen LogP contribution is -2.38. The summed E-state index contributed by atoms with van der Waals surface area (Å²) in [6.45, 7) is 9.61. The van der Waals surface area contributed by atoms with Crippen molar-refractivity contribution in [2.24, 2.45) is 0 Å². The second-order valence-electron chi connectivity index (χ2n) is 8.03. The number of unbranched alkanes of at least 4 members (excludes halogenated alkanes) is 1. The Hall–Kier alpha value is -3.19. The van der Waals surface area contributed by atoms with Crippen LogP contribution in [0.2, 0.25) is 0 Å². The highest BCUT2D eigenvalue weighted by Gasteiger charge is 2.45. The molecule has 1 amide bonds. The molecule has 0 bridgehead atoms. The maximum absolute atomic E-state index is 13.1. The molecule has 176 valence electrons. The van der Waals surface area contributed by atoms with Crippen LogP contribution < -0.4 is 4.74 Å². The predicted molar refractivity (Wildman–Crippen MR) is 128 cm³/mol. The molecule has 0 spiro atoms. The zero-order chi connectivity index (χ0) is 23.8. The maximum Gasteiger partial charge on any atom is 0.295 e. The number of nitrogens with zero attached hydrogens (tertiary/aromatic N) is 3. The third-order valence-corrected chi connectivity index (χ3v) is 6.01. The van der Waals surface area contributed by atoms with Gasteiger partial charge in [0, 0.05) is 31.0 Å². The number of carbonyl (C=O) groups is 2. The number of hydrogen-bond acceptors (Lipinski definition) is 6. The summed E-state index contributed by atoms with van der Waals surface area (Å²) in [5, 5.41) is 11.0. The van der Waals surface area contributed by atoms with E-state index >= 15 is 0 Å². The van der Waals surface area contributed by atoms with Crippen LogP contribution in [-0.4, -0.2) is 64.4 Å². The molecule has 7 nitrogen and oxygen atoms in total. The van der Waals surface area contributed by atoms with E-state index in [9.17, 15) is 14.7 Å². The van der Waals surface area contributed by atoms with E-state index in [0.717, 1.165) is 37.2 Å². The number of ether oxygens (including phenoxy) is 1. The lowest BCUT2D eigenvalue weighted by Gasteiger charge is -2.28. The third kappa shape index (κ3) is 5.60. The topological polar surface area (TPSA) is 83.0 Å². The van der Waals surface area contributed by atoms with E-state index in [2.05, 4.69) is 30.7 Å². The number of likely N-dealkylation sites (tertiary alicyclic amines) is 1. The SMILES string of the molecule is CCCCOc1ccc(C2/C(=C(\O)c3ccncc3)C(=O)C(=O)N2CCN(CC)CC)cc1. The van der Waals surface area contributed by atoms with Gasteiger partial charge in [-0.15, -0.1) is 0 Å². The lowest BCUT2D eigenvalue weighted by molar-refractivity contribution is -0.140. The van der Waals surface area contributed by atoms with Gasteiger partial charge in [-0.1, -0.05) is 39.3 Å². The van der Waals surface area contributed by atoms with Gasteiger partial charge in [0.15, 0.2) is 0 Å². The number of amides is 1. The highest BCUT2D eigenvalue weighted by molar-refractivity contribution is 6.46. The first-order valence-corrected chi connectivity index (χ1v) is 11.7. The number of pyridine rings is 1. The molecule has 1 aliphatic rings. The van der Waals surface area contributed by atoms with Gasteiger partial charge in [0.1, 0.15) is 11.5 Å². The molecule has 1 saturated heterocycles. The number of rotatable bonds is 11. The smallest absolute Gasteiger partial charge is 0.295 e. The van der Waals surface area contributed by atoms with Gasteiger partial charge in [0.2, 0.25) is 0 Å². The Labute approximate surface area is 195 Å². The minimum absolute atomic E-state index is 0.102. The Morgan fingerprint density at radius 2 is 1.73 bits per heavy atom. The Bertz CT molecular complexity index is 969. The van der Waals surface area contributed by atoms with Crippen LogP contribution in [0.5, 0.6) is 5.75 Å². The van der Waals surface area contributed by atoms with E-state index in [1.807, 2.05) is 24.3 Å². The molecule has 0 saturated carbocycles. The van der Waals surface area contributed by atoms with E-state index in [4.69, 9.17) is 4.74 Å². The summed E-state index contributed by atoms with van der Waals surface area (Å²) in [4.78, 5) is 33.9. The van der Waals surface area contributed by atoms with Crippen molar-refractivity contribution < 1.29 is 19.4 Å². The van der Waals surface area contributed by atoms with Gasteiger partial charge in [-0.2, -0.15) is 0 Å². The Kier molecular flexibility index (Phi) is 8.60. The van der Waals surface area contributed by atoms with Crippen LogP contribution in [0.4, 0.5) is 0 Å². The number of aliphatic hydroxyl groups is 1. The molecule has 2 aromatic rings. The first kappa shape index (κ1) is 24.5. The average molecular weight is 452 g/mol. The molecular weight excluding hydrogens is 418 g/mol. The second-order valence-corrected chi connectivity index (χ2v) is 8.03. The summed E-state index contributed by atoms with van der Waals surface area (Å²) in [5.74, 6) is -0.709. The molecule has 1 aromatic heterocycles. The van der Waals surface area contributed by atoms with Gasteiger partial charge in [-0.05, 0) is 49.3 Å². The van der Waals surface area contributed by atoms with Crippen LogP contribution in [0.15, 0.2) is 54.4 Å². The quantitative estimate of drug-likeness (QED) is 0.240. The van der Waals surface area contributed by atoms with Crippen molar-refractivity contribution >= 4 is 17.4 Å². The number of aliphatic hydroxyl groups excluding tert-OH is 1. The molecule has 0 aliphatic carbocycles. The largest absolute Gasteiger partial charge is 0.507 e. The Morgan fingerprint density at radius 1 is 1.06 bits per heavy atom. The number of aromatic nitrogens is 1. The van der Waals surface area contributed by atoms with Crippen LogP contribution >= 0.6 is 0 Å². The second kappa shape index (κ2) is 11.6. The van der Waals surface area contributed by atoms with Crippen LogP contribution in [0.3, 0.4) is 0 Å². The minimum atomic E-state index is -0.669. The summed E-state index contributed by atoms with van der Waals surface area (Å²) in [6.07, 6.45) is 5.11. The summed E-state index contributed by atoms with van der Waals surface area (Å²) >= 11 is 0. The summed E-state index contributed by atoms with van der Waals surface area (Å²) in [6, 6.07) is 10.0. The first-order chi connectivity index (χ1) is 16.0. The molecule has 1 N–H and O–H groups in total. The van der Waals surface area contributed by atoms with Gasteiger partial charge in [0.25, 0.3) is 11.7 Å². The molecule has 33 heavy (non-hydrogen) atoms. The van der Waals surface area contributed by atoms with E-state index < -0.39 is 17.7 Å². The lowest BCUT2D eigenvalue weighted by atomic mass is 9.95. The molecule has 1 atom stereocenters. The zero-order valence-corrected chi connectivity index (χ0v) is 19.7. The number of ketones is 1. The number of benzene rings is 1. The fraction of sp³-hybridized carbons (Fsp3) is 0.423. The van der Waals surface area contributed by atoms with Gasteiger partial charge in [0.05, 0.1) is 18.2 Å². The standard InChI is InChI=1S/C26H33N3O4/c1-4-7-18-33-21-10-8-19(9-11-21)23-22(24(30)20-12-14-27-15-13-20)25(31)26(32)29(23)17-16-28(5-2)6-3/h8-15,23,30H,4-7,16-18H2,1-3H3/b24-22+. The van der Waals surface area contributed by atoms with Gasteiger partial charge >= 0.3 is 0 Å². The van der Waals surface area contributed by atoms with Crippen LogP contribution in [0.25, 0.3) is 5.76 Å². The monoisotopic (exact) mass is 451 g/mol. The van der Waals surface area contributed by atoms with E-state index in [1.165, 1.54) is 0 Å². The van der Waals surface area contributed by atoms with Crippen molar-refractivity contribution in [1.82, 2.24) is 14.8 Å². The number of likely N-dealkylation sites (N-methyl/N-ethyl adjacent to an activating group) is 1. The van der Waals surface area contributed by atoms with Crippen molar-refractivity contribution in [2.45, 2.75) is 39.7 Å². The highest BCUT2D eigenvalue weighted by Crippen LogP contribution is 2.39. The number of hydrogen-bond donors (Lipinski definition) is 1. The maximum atomic E-state index is 13.1. The number of carbonyl (C=O) groups excluding carboxylic acids is 2.